The molecular formula is C30H52. The first-order valence-corrected chi connectivity index (χ1v) is 13.9. The minimum absolute atomic E-state index is 0.561. The molecule has 0 aromatic carbocycles. The summed E-state index contributed by atoms with van der Waals surface area (Å²) in [6.45, 7) is 21.4. The van der Waals surface area contributed by atoms with Gasteiger partial charge in [-0.05, 0) is 127 Å². The van der Waals surface area contributed by atoms with Crippen LogP contribution in [0.5, 0.6) is 0 Å². The van der Waals surface area contributed by atoms with E-state index in [1.165, 1.54) is 70.6 Å². The van der Waals surface area contributed by atoms with Gasteiger partial charge in [-0.3, -0.25) is 0 Å². The summed E-state index contributed by atoms with van der Waals surface area (Å²) in [6.07, 6.45) is 16.6. The minimum atomic E-state index is 0.561. The zero-order chi connectivity index (χ0) is 21.7. The van der Waals surface area contributed by atoms with Crippen molar-refractivity contribution in [3.05, 3.63) is 0 Å². The standard InChI is InChI=1S/C30H52/c1-20(2)21-12-17-27(5)22(21)13-18-29(7)24(27)10-11-25-28(6)16-9-15-26(3,4)23(28)14-19-30(25,29)8/h20-25H,9-19H2,1-8H3/t21-,22-,23-,24+,25+,27+,28-,29+,30+/m1/s1. The highest BCUT2D eigenvalue weighted by Crippen LogP contribution is 2.78. The highest BCUT2D eigenvalue weighted by atomic mass is 14.7. The molecule has 5 fully saturated rings. The fourth-order valence-corrected chi connectivity index (χ4v) is 12.1. The maximum Gasteiger partial charge on any atom is -0.0235 e. The summed E-state index contributed by atoms with van der Waals surface area (Å²) in [5.74, 6) is 5.79. The van der Waals surface area contributed by atoms with Crippen LogP contribution in [0.3, 0.4) is 0 Å². The molecule has 0 aliphatic heterocycles. The van der Waals surface area contributed by atoms with E-state index in [4.69, 9.17) is 0 Å². The predicted molar refractivity (Wildman–Crippen MR) is 129 cm³/mol. The molecule has 0 heterocycles. The van der Waals surface area contributed by atoms with E-state index in [-0.39, 0.29) is 0 Å². The van der Waals surface area contributed by atoms with E-state index in [9.17, 15) is 0 Å². The second kappa shape index (κ2) is 6.53. The average molecular weight is 413 g/mol. The first-order valence-electron chi connectivity index (χ1n) is 13.9. The highest BCUT2D eigenvalue weighted by Gasteiger charge is 2.70. The van der Waals surface area contributed by atoms with Crippen molar-refractivity contribution in [2.24, 2.45) is 62.6 Å². The van der Waals surface area contributed by atoms with Crippen molar-refractivity contribution < 1.29 is 0 Å². The third-order valence-corrected chi connectivity index (χ3v) is 13.6. The second-order valence-corrected chi connectivity index (χ2v) is 15.1. The van der Waals surface area contributed by atoms with Gasteiger partial charge in [0.05, 0.1) is 0 Å². The van der Waals surface area contributed by atoms with Gasteiger partial charge in [0.2, 0.25) is 0 Å². The first kappa shape index (κ1) is 21.8. The van der Waals surface area contributed by atoms with Crippen molar-refractivity contribution in [2.45, 2.75) is 126 Å². The van der Waals surface area contributed by atoms with E-state index in [1.807, 2.05) is 0 Å². The molecule has 0 spiro atoms. The second-order valence-electron chi connectivity index (χ2n) is 15.1. The molecule has 0 aromatic heterocycles. The third-order valence-electron chi connectivity index (χ3n) is 13.6. The molecule has 0 aromatic rings. The fourth-order valence-electron chi connectivity index (χ4n) is 12.1. The Bertz CT molecular complexity index is 688. The van der Waals surface area contributed by atoms with Crippen LogP contribution in [0.25, 0.3) is 0 Å². The fraction of sp³-hybridized carbons (Fsp3) is 1.00. The maximum absolute atomic E-state index is 2.81. The molecule has 0 nitrogen and oxygen atoms in total. The summed E-state index contributed by atoms with van der Waals surface area (Å²) >= 11 is 0. The minimum Gasteiger partial charge on any atom is -0.0625 e. The lowest BCUT2D eigenvalue weighted by atomic mass is 9.32. The van der Waals surface area contributed by atoms with E-state index in [1.54, 1.807) is 0 Å². The summed E-state index contributed by atoms with van der Waals surface area (Å²) < 4.78 is 0. The Morgan fingerprint density at radius 1 is 0.567 bits per heavy atom. The molecule has 172 valence electrons. The lowest BCUT2D eigenvalue weighted by Gasteiger charge is -2.73. The van der Waals surface area contributed by atoms with Crippen molar-refractivity contribution in [2.75, 3.05) is 0 Å². The van der Waals surface area contributed by atoms with Crippen LogP contribution in [0.2, 0.25) is 0 Å². The normalized spacial score (nSPS) is 57.3. The quantitative estimate of drug-likeness (QED) is 0.402. The Labute approximate surface area is 188 Å². The molecule has 0 bridgehead atoms. The molecule has 0 saturated heterocycles. The number of fused-ring (bicyclic) bond motifs is 7. The molecule has 0 unspecified atom stereocenters. The van der Waals surface area contributed by atoms with E-state index < -0.39 is 0 Å². The first-order chi connectivity index (χ1) is 13.9. The molecular weight excluding hydrogens is 360 g/mol. The van der Waals surface area contributed by atoms with Crippen molar-refractivity contribution >= 4 is 0 Å². The maximum atomic E-state index is 2.81. The van der Waals surface area contributed by atoms with Gasteiger partial charge in [0, 0.05) is 0 Å². The Hall–Kier alpha value is 0. The summed E-state index contributed by atoms with van der Waals surface area (Å²) in [4.78, 5) is 0. The number of rotatable bonds is 1. The van der Waals surface area contributed by atoms with E-state index in [0.717, 1.165) is 35.5 Å². The summed E-state index contributed by atoms with van der Waals surface area (Å²) in [7, 11) is 0. The van der Waals surface area contributed by atoms with Crippen LogP contribution < -0.4 is 0 Å². The molecule has 5 rings (SSSR count). The topological polar surface area (TPSA) is 0 Å². The van der Waals surface area contributed by atoms with Crippen LogP contribution in [0, 0.1) is 62.6 Å². The number of hydrogen-bond acceptors (Lipinski definition) is 0. The van der Waals surface area contributed by atoms with Crippen LogP contribution >= 0.6 is 0 Å². The smallest absolute Gasteiger partial charge is 0.0235 e. The Morgan fingerprint density at radius 2 is 1.17 bits per heavy atom. The van der Waals surface area contributed by atoms with E-state index in [2.05, 4.69) is 55.4 Å². The molecule has 0 radical (unpaired) electrons. The third kappa shape index (κ3) is 2.52. The molecule has 5 aliphatic carbocycles. The van der Waals surface area contributed by atoms with Crippen LogP contribution in [-0.4, -0.2) is 0 Å². The van der Waals surface area contributed by atoms with Gasteiger partial charge < -0.3 is 0 Å². The number of hydrogen-bond donors (Lipinski definition) is 0. The molecule has 9 atom stereocenters. The monoisotopic (exact) mass is 412 g/mol. The van der Waals surface area contributed by atoms with Crippen molar-refractivity contribution in [3.8, 4) is 0 Å². The molecule has 0 heteroatoms. The largest absolute Gasteiger partial charge is 0.0625 e. The molecule has 30 heavy (non-hydrogen) atoms. The zero-order valence-electron chi connectivity index (χ0n) is 21.7. The van der Waals surface area contributed by atoms with Gasteiger partial charge >= 0.3 is 0 Å². The van der Waals surface area contributed by atoms with Gasteiger partial charge in [-0.1, -0.05) is 61.8 Å². The van der Waals surface area contributed by atoms with Gasteiger partial charge in [-0.25, -0.2) is 0 Å². The van der Waals surface area contributed by atoms with Crippen LogP contribution in [0.15, 0.2) is 0 Å². The van der Waals surface area contributed by atoms with Crippen LogP contribution in [-0.2, 0) is 0 Å². The van der Waals surface area contributed by atoms with Crippen molar-refractivity contribution in [1.29, 1.82) is 0 Å². The Balaban J connectivity index is 1.52. The highest BCUT2D eigenvalue weighted by molar-refractivity contribution is 5.18. The van der Waals surface area contributed by atoms with Gasteiger partial charge in [0.25, 0.3) is 0 Å². The Kier molecular flexibility index (Phi) is 4.75. The molecule has 0 amide bonds. The Morgan fingerprint density at radius 3 is 1.80 bits per heavy atom. The van der Waals surface area contributed by atoms with Crippen LogP contribution in [0.1, 0.15) is 126 Å². The van der Waals surface area contributed by atoms with E-state index in [0.29, 0.717) is 27.1 Å². The summed E-state index contributed by atoms with van der Waals surface area (Å²) in [5, 5.41) is 0. The molecule has 0 N–H and O–H groups in total. The van der Waals surface area contributed by atoms with Crippen LogP contribution in [0.4, 0.5) is 0 Å². The predicted octanol–water partition coefficient (Wildman–Crippen LogP) is 9.13. The van der Waals surface area contributed by atoms with Crippen molar-refractivity contribution in [1.82, 2.24) is 0 Å². The summed E-state index contributed by atoms with van der Waals surface area (Å²) in [6, 6.07) is 0. The lowest BCUT2D eigenvalue weighted by molar-refractivity contribution is -0.241. The van der Waals surface area contributed by atoms with Gasteiger partial charge in [-0.15, -0.1) is 0 Å². The molecule has 5 aliphatic rings. The van der Waals surface area contributed by atoms with Gasteiger partial charge in [0.1, 0.15) is 0 Å². The molecule has 5 saturated carbocycles. The summed E-state index contributed by atoms with van der Waals surface area (Å²) in [5.41, 5.74) is 2.92. The lowest BCUT2D eigenvalue weighted by Crippen LogP contribution is -2.65. The SMILES string of the molecule is CC(C)[C@H]1CC[C@@]2(C)[C@@H]1CC[C@@]1(C)[C@H]2CC[C@H]2[C@]3(C)CCCC(C)(C)[C@H]3CC[C@@]21C. The van der Waals surface area contributed by atoms with Gasteiger partial charge in [-0.2, -0.15) is 0 Å². The van der Waals surface area contributed by atoms with E-state index >= 15 is 0 Å². The van der Waals surface area contributed by atoms with Crippen molar-refractivity contribution in [3.63, 3.8) is 0 Å². The zero-order valence-corrected chi connectivity index (χ0v) is 21.7. The average Bonchev–Trinajstić information content (AvgIpc) is 2.99. The van der Waals surface area contributed by atoms with Gasteiger partial charge in [0.15, 0.2) is 0 Å².